The van der Waals surface area contributed by atoms with Gasteiger partial charge in [0.1, 0.15) is 5.82 Å². The Morgan fingerprint density at radius 3 is 2.65 bits per heavy atom. The van der Waals surface area contributed by atoms with Gasteiger partial charge in [0, 0.05) is 41.7 Å². The maximum atomic E-state index is 14.0. The number of aromatic hydroxyl groups is 1. The fourth-order valence-electron chi connectivity index (χ4n) is 4.95. The molecule has 0 unspecified atom stereocenters. The number of hydrogen-bond acceptors (Lipinski definition) is 3. The van der Waals surface area contributed by atoms with Crippen molar-refractivity contribution in [3.63, 3.8) is 0 Å². The summed E-state index contributed by atoms with van der Waals surface area (Å²) in [6.45, 7) is 5.27. The number of nitrogens with one attached hydrogen (secondary N) is 1. The summed E-state index contributed by atoms with van der Waals surface area (Å²) >= 11 is 0. The van der Waals surface area contributed by atoms with Crippen molar-refractivity contribution in [2.75, 3.05) is 13.1 Å². The second-order valence-corrected chi connectivity index (χ2v) is 9.01. The first-order chi connectivity index (χ1) is 14.8. The lowest BCUT2D eigenvalue weighted by Crippen LogP contribution is -2.63. The minimum atomic E-state index is -1.07. The molecule has 0 bridgehead atoms. The maximum absolute atomic E-state index is 14.0. The molecule has 2 fully saturated rings. The molecule has 0 radical (unpaired) electrons. The van der Waals surface area contributed by atoms with Crippen LogP contribution in [-0.2, 0) is 0 Å². The summed E-state index contributed by atoms with van der Waals surface area (Å²) in [5.41, 5.74) is 5.36. The van der Waals surface area contributed by atoms with Gasteiger partial charge >= 0.3 is 0 Å². The number of carbonyl (C=O) groups is 1. The van der Waals surface area contributed by atoms with E-state index in [1.165, 1.54) is 11.1 Å². The van der Waals surface area contributed by atoms with Crippen molar-refractivity contribution in [1.82, 2.24) is 15.1 Å². The molecule has 1 saturated carbocycles. The van der Waals surface area contributed by atoms with Crippen molar-refractivity contribution < 1.29 is 18.7 Å². The van der Waals surface area contributed by atoms with E-state index in [1.54, 1.807) is 4.90 Å². The summed E-state index contributed by atoms with van der Waals surface area (Å²) in [4.78, 5) is 14.1. The summed E-state index contributed by atoms with van der Waals surface area (Å²) in [6.07, 6.45) is 1.87. The molecule has 2 aromatic carbocycles. The van der Waals surface area contributed by atoms with Crippen molar-refractivity contribution in [2.45, 2.75) is 32.6 Å². The molecular weight excluding hydrogens is 400 g/mol. The van der Waals surface area contributed by atoms with Gasteiger partial charge in [0.2, 0.25) is 0 Å². The molecule has 7 heteroatoms. The van der Waals surface area contributed by atoms with E-state index in [9.17, 15) is 18.7 Å². The molecule has 1 spiro atoms. The van der Waals surface area contributed by atoms with Crippen LogP contribution in [0.15, 0.2) is 36.4 Å². The summed E-state index contributed by atoms with van der Waals surface area (Å²) in [5.74, 6) is -2.90. The highest BCUT2D eigenvalue weighted by atomic mass is 19.1. The molecule has 1 aliphatic carbocycles. The Balaban J connectivity index is 1.23. The second-order valence-electron chi connectivity index (χ2n) is 9.01. The van der Waals surface area contributed by atoms with Gasteiger partial charge in [-0.05, 0) is 49.9 Å². The van der Waals surface area contributed by atoms with E-state index in [-0.39, 0.29) is 11.0 Å². The molecule has 2 N–H and O–H groups in total. The zero-order valence-corrected chi connectivity index (χ0v) is 17.4. The SMILES string of the molecule is Cc1cccc(-c2cc(C3CC4(C3)CN(C(=O)c3cc(O)c(F)cc3F)C4)[nH]n2)c1C. The van der Waals surface area contributed by atoms with Gasteiger partial charge in [-0.1, -0.05) is 18.2 Å². The zero-order chi connectivity index (χ0) is 21.9. The number of phenolic OH excluding ortho intramolecular Hbond substituents is 1. The van der Waals surface area contributed by atoms with E-state index in [0.29, 0.717) is 25.1 Å². The van der Waals surface area contributed by atoms with Crippen molar-refractivity contribution in [3.05, 3.63) is 70.4 Å². The number of aromatic nitrogens is 2. The van der Waals surface area contributed by atoms with Gasteiger partial charge in [-0.25, -0.2) is 8.78 Å². The first kappa shape index (κ1) is 19.7. The van der Waals surface area contributed by atoms with Crippen LogP contribution in [-0.4, -0.2) is 39.2 Å². The van der Waals surface area contributed by atoms with E-state index in [0.717, 1.165) is 35.9 Å². The van der Waals surface area contributed by atoms with Gasteiger partial charge in [-0.15, -0.1) is 0 Å². The van der Waals surface area contributed by atoms with Crippen molar-refractivity contribution in [1.29, 1.82) is 0 Å². The molecule has 31 heavy (non-hydrogen) atoms. The number of hydrogen-bond donors (Lipinski definition) is 2. The Morgan fingerprint density at radius 1 is 1.16 bits per heavy atom. The minimum absolute atomic E-state index is 0.0450. The fourth-order valence-corrected chi connectivity index (χ4v) is 4.95. The highest BCUT2D eigenvalue weighted by Crippen LogP contribution is 2.56. The number of likely N-dealkylation sites (tertiary alicyclic amines) is 1. The average molecular weight is 423 g/mol. The number of aromatic amines is 1. The molecule has 5 nitrogen and oxygen atoms in total. The number of aryl methyl sites for hydroxylation is 1. The van der Waals surface area contributed by atoms with Gasteiger partial charge in [-0.2, -0.15) is 5.10 Å². The van der Waals surface area contributed by atoms with Crippen LogP contribution >= 0.6 is 0 Å². The number of H-pyrrole nitrogens is 1. The number of rotatable bonds is 3. The van der Waals surface area contributed by atoms with E-state index >= 15 is 0 Å². The van der Waals surface area contributed by atoms with E-state index in [4.69, 9.17) is 0 Å². The van der Waals surface area contributed by atoms with Crippen molar-refractivity contribution in [2.24, 2.45) is 5.41 Å². The van der Waals surface area contributed by atoms with Crippen LogP contribution in [0, 0.1) is 30.9 Å². The molecule has 3 aromatic rings. The number of benzene rings is 2. The van der Waals surface area contributed by atoms with Crippen molar-refractivity contribution in [3.8, 4) is 17.0 Å². The van der Waals surface area contributed by atoms with Crippen LogP contribution in [0.5, 0.6) is 5.75 Å². The van der Waals surface area contributed by atoms with Gasteiger partial charge in [0.15, 0.2) is 11.6 Å². The van der Waals surface area contributed by atoms with Gasteiger partial charge in [0.05, 0.1) is 11.3 Å². The Labute approximate surface area is 178 Å². The molecule has 1 amide bonds. The number of carbonyl (C=O) groups excluding carboxylic acids is 1. The first-order valence-electron chi connectivity index (χ1n) is 10.4. The Bertz CT molecular complexity index is 1190. The third-order valence-electron chi connectivity index (χ3n) is 6.88. The van der Waals surface area contributed by atoms with Crippen LogP contribution in [0.1, 0.15) is 45.9 Å². The monoisotopic (exact) mass is 423 g/mol. The quantitative estimate of drug-likeness (QED) is 0.642. The number of phenols is 1. The van der Waals surface area contributed by atoms with E-state index in [2.05, 4.69) is 42.2 Å². The lowest BCUT2D eigenvalue weighted by molar-refractivity contribution is -0.0563. The Morgan fingerprint density at radius 2 is 1.90 bits per heavy atom. The van der Waals surface area contributed by atoms with E-state index in [1.807, 2.05) is 6.07 Å². The number of nitrogens with zero attached hydrogens (tertiary/aromatic N) is 2. The lowest BCUT2D eigenvalue weighted by Gasteiger charge is -2.59. The lowest BCUT2D eigenvalue weighted by atomic mass is 9.57. The molecule has 1 saturated heterocycles. The summed E-state index contributed by atoms with van der Waals surface area (Å²) in [6, 6.07) is 9.72. The maximum Gasteiger partial charge on any atom is 0.257 e. The Hall–Kier alpha value is -3.22. The smallest absolute Gasteiger partial charge is 0.257 e. The average Bonchev–Trinajstić information content (AvgIpc) is 3.14. The second kappa shape index (κ2) is 6.90. The predicted molar refractivity (Wildman–Crippen MR) is 112 cm³/mol. The van der Waals surface area contributed by atoms with Gasteiger partial charge in [0.25, 0.3) is 5.91 Å². The van der Waals surface area contributed by atoms with E-state index < -0.39 is 23.3 Å². The molecule has 160 valence electrons. The Kier molecular flexibility index (Phi) is 4.39. The van der Waals surface area contributed by atoms with Gasteiger partial charge < -0.3 is 10.0 Å². The summed E-state index contributed by atoms with van der Waals surface area (Å²) in [5, 5.41) is 17.1. The number of halogens is 2. The molecule has 5 rings (SSSR count). The molecule has 0 atom stereocenters. The zero-order valence-electron chi connectivity index (χ0n) is 17.4. The highest BCUT2D eigenvalue weighted by Gasteiger charge is 2.54. The largest absolute Gasteiger partial charge is 0.505 e. The van der Waals surface area contributed by atoms with Crippen LogP contribution in [0.2, 0.25) is 0 Å². The topological polar surface area (TPSA) is 69.2 Å². The minimum Gasteiger partial charge on any atom is -0.505 e. The van der Waals surface area contributed by atoms with Crippen molar-refractivity contribution >= 4 is 5.91 Å². The van der Waals surface area contributed by atoms with Crippen LogP contribution in [0.4, 0.5) is 8.78 Å². The number of amides is 1. The summed E-state index contributed by atoms with van der Waals surface area (Å²) in [7, 11) is 0. The third kappa shape index (κ3) is 3.19. The molecule has 1 aromatic heterocycles. The molecule has 2 aliphatic rings. The third-order valence-corrected chi connectivity index (χ3v) is 6.88. The molecule has 1 aliphatic heterocycles. The van der Waals surface area contributed by atoms with Crippen LogP contribution in [0.3, 0.4) is 0 Å². The molecular formula is C24H23F2N3O2. The predicted octanol–water partition coefficient (Wildman–Crippen LogP) is 4.70. The highest BCUT2D eigenvalue weighted by molar-refractivity contribution is 5.95. The van der Waals surface area contributed by atoms with Gasteiger partial charge in [-0.3, -0.25) is 9.89 Å². The molecule has 2 heterocycles. The first-order valence-corrected chi connectivity index (χ1v) is 10.4. The normalized spacial score (nSPS) is 17.5. The fraction of sp³-hybridized carbons (Fsp3) is 0.333. The summed E-state index contributed by atoms with van der Waals surface area (Å²) < 4.78 is 27.2. The van der Waals surface area contributed by atoms with Crippen LogP contribution < -0.4 is 0 Å². The standard InChI is InChI=1S/C24H23F2N3O2/c1-13-4-3-5-16(14(13)2)21-8-20(27-28-21)15-9-24(10-15)11-29(12-24)23(31)17-6-22(30)19(26)7-18(17)25/h3-8,15,30H,9-12H2,1-2H3,(H,27,28). The van der Waals surface area contributed by atoms with Crippen LogP contribution in [0.25, 0.3) is 11.3 Å².